The molecule has 2 aliphatic heterocycles. The fourth-order valence-corrected chi connectivity index (χ4v) is 3.85. The summed E-state index contributed by atoms with van der Waals surface area (Å²) in [4.78, 5) is 39.4. The van der Waals surface area contributed by atoms with E-state index < -0.39 is 12.1 Å². The van der Waals surface area contributed by atoms with Crippen molar-refractivity contribution in [2.45, 2.75) is 56.8 Å². The number of carboxylic acids is 1. The quantitative estimate of drug-likeness (QED) is 0.793. The Kier molecular flexibility index (Phi) is 6.63. The maximum atomic E-state index is 12.7. The lowest BCUT2D eigenvalue weighted by atomic mass is 9.78. The number of piperidine rings is 1. The fourth-order valence-electron chi connectivity index (χ4n) is 3.85. The van der Waals surface area contributed by atoms with Crippen LogP contribution in [0.5, 0.6) is 0 Å². The van der Waals surface area contributed by atoms with E-state index in [4.69, 9.17) is 9.90 Å². The molecule has 3 rings (SSSR count). The van der Waals surface area contributed by atoms with Gasteiger partial charge >= 0.3 is 12.1 Å². The van der Waals surface area contributed by atoms with Crippen molar-refractivity contribution in [1.82, 2.24) is 15.2 Å². The highest BCUT2D eigenvalue weighted by atomic mass is 19.4. The highest BCUT2D eigenvalue weighted by molar-refractivity contribution is 5.93. The van der Waals surface area contributed by atoms with Crippen LogP contribution in [0.3, 0.4) is 0 Å². The first-order chi connectivity index (χ1) is 13.1. The van der Waals surface area contributed by atoms with Crippen LogP contribution in [0.15, 0.2) is 24.4 Å². The molecule has 2 fully saturated rings. The number of alkyl halides is 3. The first-order valence-electron chi connectivity index (χ1n) is 8.94. The number of carboxylic acid groups (broad SMARTS) is 1. The zero-order valence-electron chi connectivity index (χ0n) is 15.3. The van der Waals surface area contributed by atoms with Crippen molar-refractivity contribution in [2.75, 3.05) is 6.54 Å². The number of halogens is 3. The number of amides is 2. The highest BCUT2D eigenvalue weighted by Gasteiger charge is 2.49. The van der Waals surface area contributed by atoms with E-state index >= 15 is 0 Å². The molecular weight excluding hydrogens is 379 g/mol. The third kappa shape index (κ3) is 4.79. The van der Waals surface area contributed by atoms with Crippen molar-refractivity contribution in [3.63, 3.8) is 0 Å². The molecule has 2 amide bonds. The van der Waals surface area contributed by atoms with Crippen molar-refractivity contribution in [3.05, 3.63) is 30.1 Å². The van der Waals surface area contributed by atoms with Crippen LogP contribution in [0.25, 0.3) is 0 Å². The van der Waals surface area contributed by atoms with Gasteiger partial charge in [0.2, 0.25) is 5.91 Å². The second-order valence-electron chi connectivity index (χ2n) is 6.75. The van der Waals surface area contributed by atoms with E-state index in [2.05, 4.69) is 17.2 Å². The third-order valence-corrected chi connectivity index (χ3v) is 5.00. The lowest BCUT2D eigenvalue weighted by Gasteiger charge is -2.47. The summed E-state index contributed by atoms with van der Waals surface area (Å²) >= 11 is 0. The number of nitrogens with one attached hydrogen (secondary N) is 1. The second-order valence-corrected chi connectivity index (χ2v) is 6.75. The minimum absolute atomic E-state index is 0.0253. The van der Waals surface area contributed by atoms with Gasteiger partial charge in [0.1, 0.15) is 5.69 Å². The summed E-state index contributed by atoms with van der Waals surface area (Å²) in [7, 11) is 0. The van der Waals surface area contributed by atoms with E-state index in [1.54, 1.807) is 12.3 Å². The van der Waals surface area contributed by atoms with Gasteiger partial charge in [-0.3, -0.25) is 14.6 Å². The van der Waals surface area contributed by atoms with Crippen LogP contribution in [0.1, 0.15) is 49.5 Å². The Hall–Kier alpha value is -2.65. The highest BCUT2D eigenvalue weighted by Crippen LogP contribution is 2.37. The van der Waals surface area contributed by atoms with E-state index in [1.165, 1.54) is 0 Å². The molecule has 154 valence electrons. The van der Waals surface area contributed by atoms with Gasteiger partial charge in [0, 0.05) is 19.2 Å². The molecule has 0 aliphatic carbocycles. The van der Waals surface area contributed by atoms with Gasteiger partial charge in [-0.1, -0.05) is 13.0 Å². The van der Waals surface area contributed by atoms with E-state index in [0.717, 1.165) is 32.2 Å². The molecule has 0 aromatic carbocycles. The number of aliphatic carboxylic acids is 1. The van der Waals surface area contributed by atoms with Crippen LogP contribution >= 0.6 is 0 Å². The number of pyridine rings is 1. The van der Waals surface area contributed by atoms with Gasteiger partial charge in [-0.2, -0.15) is 13.2 Å². The molecule has 7 nitrogen and oxygen atoms in total. The number of hydrogen-bond donors (Lipinski definition) is 2. The van der Waals surface area contributed by atoms with Crippen molar-refractivity contribution < 1.29 is 32.7 Å². The van der Waals surface area contributed by atoms with Crippen LogP contribution in [0.4, 0.5) is 13.2 Å². The molecule has 2 atom stereocenters. The first-order valence-corrected chi connectivity index (χ1v) is 8.94. The minimum Gasteiger partial charge on any atom is -0.475 e. The van der Waals surface area contributed by atoms with E-state index in [-0.39, 0.29) is 23.4 Å². The van der Waals surface area contributed by atoms with E-state index in [0.29, 0.717) is 12.1 Å². The van der Waals surface area contributed by atoms with Gasteiger partial charge in [0.25, 0.3) is 5.91 Å². The normalized spacial score (nSPS) is 24.4. The lowest BCUT2D eigenvalue weighted by molar-refractivity contribution is -0.192. The van der Waals surface area contributed by atoms with Crippen LogP contribution < -0.4 is 5.32 Å². The fraction of sp³-hybridized carbons (Fsp3) is 0.556. The largest absolute Gasteiger partial charge is 0.490 e. The Morgan fingerprint density at radius 3 is 2.50 bits per heavy atom. The number of hydrogen-bond acceptors (Lipinski definition) is 4. The molecule has 0 radical (unpaired) electrons. The molecule has 0 saturated carbocycles. The lowest BCUT2D eigenvalue weighted by Crippen LogP contribution is -2.63. The summed E-state index contributed by atoms with van der Waals surface area (Å²) in [5.41, 5.74) is 0.256. The standard InChI is InChI=1S/C16H21N3O2.C2HF3O2/c1-2-13-16(9-7-14(20)18-16)8-5-11-19(13)15(21)12-6-3-4-10-17-12;3-2(4,5)1(6)7/h3-4,6,10,13H,2,5,7-9,11H2,1H3,(H,18,20);(H,6,7)/t13-,16-;/m0./s1. The zero-order valence-corrected chi connectivity index (χ0v) is 15.3. The summed E-state index contributed by atoms with van der Waals surface area (Å²) in [6, 6.07) is 5.46. The molecular formula is C18H22F3N3O4. The number of carbonyl (C=O) groups excluding carboxylic acids is 2. The predicted molar refractivity (Wildman–Crippen MR) is 92.4 cm³/mol. The van der Waals surface area contributed by atoms with Gasteiger partial charge < -0.3 is 15.3 Å². The summed E-state index contributed by atoms with van der Waals surface area (Å²) in [5, 5.41) is 10.3. The summed E-state index contributed by atoms with van der Waals surface area (Å²) in [5.74, 6) is -2.67. The van der Waals surface area contributed by atoms with Crippen molar-refractivity contribution >= 4 is 17.8 Å². The molecule has 28 heavy (non-hydrogen) atoms. The topological polar surface area (TPSA) is 99.6 Å². The Morgan fingerprint density at radius 1 is 1.36 bits per heavy atom. The maximum Gasteiger partial charge on any atom is 0.490 e. The van der Waals surface area contributed by atoms with Crippen molar-refractivity contribution in [3.8, 4) is 0 Å². The Labute approximate surface area is 159 Å². The predicted octanol–water partition coefficient (Wildman–Crippen LogP) is 2.38. The molecule has 10 heteroatoms. The number of rotatable bonds is 2. The van der Waals surface area contributed by atoms with Gasteiger partial charge in [-0.15, -0.1) is 0 Å². The SMILES string of the molecule is CC[C@@H]1N(C(=O)c2ccccn2)CCC[C@]12CCC(=O)N2.O=C(O)C(F)(F)F. The number of aromatic nitrogens is 1. The van der Waals surface area contributed by atoms with Gasteiger partial charge in [0.15, 0.2) is 0 Å². The monoisotopic (exact) mass is 401 g/mol. The Morgan fingerprint density at radius 2 is 2.04 bits per heavy atom. The molecule has 0 unspecified atom stereocenters. The number of nitrogens with zero attached hydrogens (tertiary/aromatic N) is 2. The second kappa shape index (κ2) is 8.57. The number of carbonyl (C=O) groups is 3. The summed E-state index contributed by atoms with van der Waals surface area (Å²) < 4.78 is 31.7. The minimum atomic E-state index is -5.08. The van der Waals surface area contributed by atoms with Crippen LogP contribution in [-0.4, -0.2) is 57.1 Å². The molecule has 0 bridgehead atoms. The van der Waals surface area contributed by atoms with E-state index in [9.17, 15) is 22.8 Å². The Balaban J connectivity index is 0.000000345. The molecule has 1 aromatic rings. The average Bonchev–Trinajstić information content (AvgIpc) is 3.02. The first kappa shape index (κ1) is 21.6. The zero-order chi connectivity index (χ0) is 20.9. The average molecular weight is 401 g/mol. The van der Waals surface area contributed by atoms with Gasteiger partial charge in [-0.25, -0.2) is 4.79 Å². The molecule has 3 heterocycles. The van der Waals surface area contributed by atoms with Crippen molar-refractivity contribution in [1.29, 1.82) is 0 Å². The molecule has 2 N–H and O–H groups in total. The summed E-state index contributed by atoms with van der Waals surface area (Å²) in [6.45, 7) is 2.83. The molecule has 1 spiro atoms. The van der Waals surface area contributed by atoms with Crippen LogP contribution in [-0.2, 0) is 9.59 Å². The van der Waals surface area contributed by atoms with Gasteiger partial charge in [-0.05, 0) is 37.8 Å². The number of likely N-dealkylation sites (tertiary alicyclic amines) is 1. The van der Waals surface area contributed by atoms with Crippen LogP contribution in [0.2, 0.25) is 0 Å². The maximum absolute atomic E-state index is 12.7. The molecule has 1 aromatic heterocycles. The smallest absolute Gasteiger partial charge is 0.475 e. The van der Waals surface area contributed by atoms with Crippen LogP contribution in [0, 0.1) is 0 Å². The Bertz CT molecular complexity index is 727. The van der Waals surface area contributed by atoms with E-state index in [1.807, 2.05) is 17.0 Å². The van der Waals surface area contributed by atoms with Crippen molar-refractivity contribution in [2.24, 2.45) is 0 Å². The summed E-state index contributed by atoms with van der Waals surface area (Å²) in [6.07, 6.45) is 0.696. The van der Waals surface area contributed by atoms with Gasteiger partial charge in [0.05, 0.1) is 11.6 Å². The molecule has 2 aliphatic rings. The third-order valence-electron chi connectivity index (χ3n) is 5.00. The molecule has 2 saturated heterocycles.